The number of hydrogen-bond donors (Lipinski definition) is 1. The van der Waals surface area contributed by atoms with Crippen molar-refractivity contribution in [2.24, 2.45) is 5.73 Å². The van der Waals surface area contributed by atoms with E-state index in [1.165, 1.54) is 43.2 Å². The van der Waals surface area contributed by atoms with Crippen LogP contribution in [-0.2, 0) is 4.75 Å². The number of nitrogens with zero attached hydrogens (tertiary/aromatic N) is 1. The Bertz CT molecular complexity index is 670. The molecule has 2 fully saturated rings. The van der Waals surface area contributed by atoms with Crippen LogP contribution in [0.2, 0.25) is 0 Å². The lowest BCUT2D eigenvalue weighted by Crippen LogP contribution is -2.61. The number of nitrogens with two attached hydrogens (primary N) is 1. The van der Waals surface area contributed by atoms with Crippen molar-refractivity contribution in [3.05, 3.63) is 71.8 Å². The van der Waals surface area contributed by atoms with E-state index in [-0.39, 0.29) is 16.3 Å². The van der Waals surface area contributed by atoms with E-state index < -0.39 is 0 Å². The zero-order chi connectivity index (χ0) is 18.0. The predicted molar refractivity (Wildman–Crippen MR) is 113 cm³/mol. The summed E-state index contributed by atoms with van der Waals surface area (Å²) in [6.45, 7) is 0.981. The fourth-order valence-electron chi connectivity index (χ4n) is 5.30. The van der Waals surface area contributed by atoms with E-state index in [1.54, 1.807) is 0 Å². The van der Waals surface area contributed by atoms with Gasteiger partial charge in [-0.1, -0.05) is 79.9 Å². The van der Waals surface area contributed by atoms with Crippen molar-refractivity contribution in [1.29, 1.82) is 0 Å². The highest BCUT2D eigenvalue weighted by Gasteiger charge is 2.57. The Morgan fingerprint density at radius 3 is 1.96 bits per heavy atom. The van der Waals surface area contributed by atoms with Crippen LogP contribution in [0.5, 0.6) is 0 Å². The molecule has 1 spiro atoms. The molecule has 1 aliphatic heterocycles. The first kappa shape index (κ1) is 18.1. The maximum absolute atomic E-state index is 6.53. The first-order valence-electron chi connectivity index (χ1n) is 9.91. The van der Waals surface area contributed by atoms with E-state index >= 15 is 0 Å². The van der Waals surface area contributed by atoms with Crippen molar-refractivity contribution in [1.82, 2.24) is 4.90 Å². The molecule has 3 heteroatoms. The zero-order valence-electron chi connectivity index (χ0n) is 15.7. The van der Waals surface area contributed by atoms with Gasteiger partial charge in [-0.2, -0.15) is 0 Å². The summed E-state index contributed by atoms with van der Waals surface area (Å²) >= 11 is 2.09. The van der Waals surface area contributed by atoms with Crippen LogP contribution in [0, 0.1) is 0 Å². The summed E-state index contributed by atoms with van der Waals surface area (Å²) in [5.41, 5.74) is 9.51. The minimum absolute atomic E-state index is 0.0706. The summed E-state index contributed by atoms with van der Waals surface area (Å²) in [6, 6.07) is 22.6. The average molecular weight is 367 g/mol. The van der Waals surface area contributed by atoms with Crippen LogP contribution in [0.15, 0.2) is 60.7 Å². The van der Waals surface area contributed by atoms with E-state index in [9.17, 15) is 0 Å². The fraction of sp³-hybridized carbons (Fsp3) is 0.478. The molecule has 0 radical (unpaired) electrons. The van der Waals surface area contributed by atoms with Gasteiger partial charge < -0.3 is 5.73 Å². The molecule has 2 nitrogen and oxygen atoms in total. The van der Waals surface area contributed by atoms with Crippen LogP contribution in [0.25, 0.3) is 0 Å². The normalized spacial score (nSPS) is 25.7. The van der Waals surface area contributed by atoms with Gasteiger partial charge in [0, 0.05) is 23.9 Å². The predicted octanol–water partition coefficient (Wildman–Crippen LogP) is 4.64. The van der Waals surface area contributed by atoms with Gasteiger partial charge in [0.2, 0.25) is 0 Å². The Balaban J connectivity index is 1.99. The van der Waals surface area contributed by atoms with Crippen LogP contribution in [0.4, 0.5) is 0 Å². The van der Waals surface area contributed by atoms with Gasteiger partial charge in [-0.05, 0) is 31.0 Å². The maximum Gasteiger partial charge on any atom is 0.0840 e. The van der Waals surface area contributed by atoms with E-state index in [0.29, 0.717) is 0 Å². The van der Waals surface area contributed by atoms with Crippen LogP contribution in [-0.4, -0.2) is 35.8 Å². The highest BCUT2D eigenvalue weighted by molar-refractivity contribution is 8.00. The number of likely N-dealkylation sites (N-methyl/N-ethyl adjacent to an activating group) is 1. The molecule has 2 aromatic carbocycles. The van der Waals surface area contributed by atoms with Crippen LogP contribution in [0.3, 0.4) is 0 Å². The van der Waals surface area contributed by atoms with Gasteiger partial charge in [0.1, 0.15) is 0 Å². The monoisotopic (exact) mass is 366 g/mol. The third kappa shape index (κ3) is 2.81. The molecule has 2 N–H and O–H groups in total. The van der Waals surface area contributed by atoms with Gasteiger partial charge in [-0.15, -0.1) is 11.8 Å². The Morgan fingerprint density at radius 1 is 0.885 bits per heavy atom. The van der Waals surface area contributed by atoms with Crippen molar-refractivity contribution in [2.75, 3.05) is 19.3 Å². The molecule has 1 saturated heterocycles. The van der Waals surface area contributed by atoms with E-state index in [2.05, 4.69) is 84.4 Å². The zero-order valence-corrected chi connectivity index (χ0v) is 16.5. The van der Waals surface area contributed by atoms with Crippen molar-refractivity contribution < 1.29 is 0 Å². The number of rotatable bonds is 2. The van der Waals surface area contributed by atoms with Gasteiger partial charge in [0.15, 0.2) is 0 Å². The molecule has 1 atom stereocenters. The molecule has 2 aromatic rings. The standard InChI is InChI=1S/C23H30N2S/c1-25-17-21(24)18-26-23(19-11-5-2-6-12-19,20-13-7-3-8-14-20)22(25)15-9-4-10-16-22/h2-3,5-8,11-14,21H,4,9-10,15-18,24H2,1H3/t21-/m1/s1. The first-order valence-corrected chi connectivity index (χ1v) is 10.9. The van der Waals surface area contributed by atoms with E-state index in [0.717, 1.165) is 12.3 Å². The highest BCUT2D eigenvalue weighted by atomic mass is 32.2. The van der Waals surface area contributed by atoms with Crippen LogP contribution in [0.1, 0.15) is 43.2 Å². The molecule has 1 saturated carbocycles. The molecule has 26 heavy (non-hydrogen) atoms. The lowest BCUT2D eigenvalue weighted by atomic mass is 9.65. The summed E-state index contributed by atoms with van der Waals surface area (Å²) < 4.78 is -0.0706. The molecule has 2 aliphatic rings. The molecule has 0 unspecified atom stereocenters. The summed E-state index contributed by atoms with van der Waals surface area (Å²) in [5, 5.41) is 0. The largest absolute Gasteiger partial charge is 0.326 e. The summed E-state index contributed by atoms with van der Waals surface area (Å²) in [7, 11) is 2.32. The highest BCUT2D eigenvalue weighted by Crippen LogP contribution is 2.59. The summed E-state index contributed by atoms with van der Waals surface area (Å²) in [4.78, 5) is 2.62. The minimum atomic E-state index is -0.0706. The van der Waals surface area contributed by atoms with Crippen molar-refractivity contribution >= 4 is 11.8 Å². The van der Waals surface area contributed by atoms with Gasteiger partial charge in [0.25, 0.3) is 0 Å². The average Bonchev–Trinajstić information content (AvgIpc) is 2.80. The lowest BCUT2D eigenvalue weighted by molar-refractivity contribution is 0.0474. The molecule has 0 bridgehead atoms. The van der Waals surface area contributed by atoms with E-state index in [1.807, 2.05) is 0 Å². The van der Waals surface area contributed by atoms with Crippen molar-refractivity contribution in [3.63, 3.8) is 0 Å². The topological polar surface area (TPSA) is 29.3 Å². The molecule has 1 aliphatic carbocycles. The Kier molecular flexibility index (Phi) is 5.13. The summed E-state index contributed by atoms with van der Waals surface area (Å²) in [5.74, 6) is 0.996. The molecule has 1 heterocycles. The van der Waals surface area contributed by atoms with Crippen LogP contribution >= 0.6 is 11.8 Å². The number of hydrogen-bond acceptors (Lipinski definition) is 3. The molecule has 4 rings (SSSR count). The molecular weight excluding hydrogens is 336 g/mol. The first-order chi connectivity index (χ1) is 12.7. The second-order valence-electron chi connectivity index (χ2n) is 7.96. The minimum Gasteiger partial charge on any atom is -0.326 e. The van der Waals surface area contributed by atoms with Gasteiger partial charge in [0.05, 0.1) is 4.75 Å². The van der Waals surface area contributed by atoms with Gasteiger partial charge in [-0.25, -0.2) is 0 Å². The Labute approximate surface area is 162 Å². The van der Waals surface area contributed by atoms with Crippen molar-refractivity contribution in [3.8, 4) is 0 Å². The molecule has 0 aromatic heterocycles. The molecule has 0 amide bonds. The third-order valence-electron chi connectivity index (χ3n) is 6.45. The smallest absolute Gasteiger partial charge is 0.0840 e. The molecule has 138 valence electrons. The van der Waals surface area contributed by atoms with Gasteiger partial charge >= 0.3 is 0 Å². The van der Waals surface area contributed by atoms with Gasteiger partial charge in [-0.3, -0.25) is 4.90 Å². The Hall–Kier alpha value is -1.29. The second kappa shape index (κ2) is 7.38. The Morgan fingerprint density at radius 2 is 1.42 bits per heavy atom. The lowest BCUT2D eigenvalue weighted by Gasteiger charge is -2.56. The fourth-order valence-corrected chi connectivity index (χ4v) is 7.10. The summed E-state index contributed by atoms with van der Waals surface area (Å²) in [6.07, 6.45) is 6.45. The number of thioether (sulfide) groups is 1. The van der Waals surface area contributed by atoms with Crippen LogP contribution < -0.4 is 5.73 Å². The SMILES string of the molecule is CN1C[C@@H](N)CSC(c2ccccc2)(c2ccccc2)C12CCCCC2. The molecular formula is C23H30N2S. The maximum atomic E-state index is 6.53. The third-order valence-corrected chi connectivity index (χ3v) is 8.33. The quantitative estimate of drug-likeness (QED) is 0.839. The van der Waals surface area contributed by atoms with Crippen molar-refractivity contribution in [2.45, 2.75) is 48.4 Å². The van der Waals surface area contributed by atoms with E-state index in [4.69, 9.17) is 5.73 Å². The number of benzene rings is 2. The second-order valence-corrected chi connectivity index (χ2v) is 9.19.